The lowest BCUT2D eigenvalue weighted by molar-refractivity contribution is -0.150. The van der Waals surface area contributed by atoms with Crippen molar-refractivity contribution >= 4 is 27.8 Å². The molecular weight excluding hydrogens is 424 g/mol. The van der Waals surface area contributed by atoms with Gasteiger partial charge in [-0.1, -0.05) is 18.2 Å². The Morgan fingerprint density at radius 3 is 2.54 bits per heavy atom. The van der Waals surface area contributed by atoms with Crippen LogP contribution in [0.4, 0.5) is 0 Å². The number of likely N-dealkylation sites (N-methyl/N-ethyl adjacent to an activating group) is 1. The van der Waals surface area contributed by atoms with Crippen molar-refractivity contribution in [3.63, 3.8) is 0 Å². The molecule has 6 nitrogen and oxygen atoms in total. The zero-order valence-electron chi connectivity index (χ0n) is 15.5. The Morgan fingerprint density at radius 1 is 1.25 bits per heavy atom. The van der Waals surface area contributed by atoms with E-state index in [2.05, 4.69) is 22.0 Å². The van der Waals surface area contributed by atoms with E-state index in [1.165, 1.54) is 7.11 Å². The monoisotopic (exact) mass is 442 g/mol. The van der Waals surface area contributed by atoms with Gasteiger partial charge < -0.3 is 14.4 Å². The van der Waals surface area contributed by atoms with Crippen LogP contribution in [0.15, 0.2) is 46.9 Å². The van der Waals surface area contributed by atoms with Crippen molar-refractivity contribution in [3.05, 3.63) is 52.5 Å². The minimum atomic E-state index is -0.759. The summed E-state index contributed by atoms with van der Waals surface area (Å²) in [6.45, 7) is 0.282. The summed E-state index contributed by atoms with van der Waals surface area (Å²) in [6, 6.07) is 15.0. The van der Waals surface area contributed by atoms with Crippen molar-refractivity contribution in [2.45, 2.75) is 12.5 Å². The van der Waals surface area contributed by atoms with Gasteiger partial charge in [0.1, 0.15) is 18.3 Å². The van der Waals surface area contributed by atoms with Gasteiger partial charge >= 0.3 is 5.97 Å². The molecule has 0 unspecified atom stereocenters. The molecule has 1 amide bonds. The van der Waals surface area contributed by atoms with E-state index in [1.54, 1.807) is 24.1 Å². The summed E-state index contributed by atoms with van der Waals surface area (Å²) < 4.78 is 11.4. The first-order valence-corrected chi connectivity index (χ1v) is 9.51. The number of ether oxygens (including phenoxy) is 2. The number of amides is 1. The SMILES string of the molecule is COC(=O)[C@@H]1C[C@@H](COc2ccc(-c3ccc(C#N)cc3)cc2Br)N(C)C1=O. The Labute approximate surface area is 171 Å². The van der Waals surface area contributed by atoms with Gasteiger partial charge in [0.2, 0.25) is 5.91 Å². The summed E-state index contributed by atoms with van der Waals surface area (Å²) in [6.07, 6.45) is 0.378. The molecular formula is C21H19BrN2O4. The predicted octanol–water partition coefficient (Wildman–Crippen LogP) is 3.39. The van der Waals surface area contributed by atoms with Crippen molar-refractivity contribution in [3.8, 4) is 22.9 Å². The smallest absolute Gasteiger partial charge is 0.318 e. The predicted molar refractivity (Wildman–Crippen MR) is 106 cm³/mol. The highest BCUT2D eigenvalue weighted by Crippen LogP contribution is 2.32. The molecule has 0 saturated carbocycles. The second kappa shape index (κ2) is 8.44. The van der Waals surface area contributed by atoms with Crippen LogP contribution in [0.5, 0.6) is 5.75 Å². The Hall–Kier alpha value is -2.85. The fraction of sp³-hybridized carbons (Fsp3) is 0.286. The third-order valence-electron chi connectivity index (χ3n) is 4.90. The van der Waals surface area contributed by atoms with Gasteiger partial charge in [-0.15, -0.1) is 0 Å². The second-order valence-electron chi connectivity index (χ2n) is 6.56. The number of esters is 1. The van der Waals surface area contributed by atoms with Crippen LogP contribution in [-0.2, 0) is 14.3 Å². The van der Waals surface area contributed by atoms with Crippen LogP contribution in [0, 0.1) is 17.2 Å². The lowest BCUT2D eigenvalue weighted by Gasteiger charge is -2.20. The molecule has 28 heavy (non-hydrogen) atoms. The molecule has 1 heterocycles. The summed E-state index contributed by atoms with van der Waals surface area (Å²) in [5.41, 5.74) is 2.60. The summed E-state index contributed by atoms with van der Waals surface area (Å²) in [5.74, 6) is -0.853. The van der Waals surface area contributed by atoms with E-state index in [9.17, 15) is 9.59 Å². The van der Waals surface area contributed by atoms with Crippen LogP contribution in [0.25, 0.3) is 11.1 Å². The molecule has 0 N–H and O–H groups in total. The zero-order valence-corrected chi connectivity index (χ0v) is 17.1. The van der Waals surface area contributed by atoms with Crippen molar-refractivity contribution < 1.29 is 19.1 Å². The van der Waals surface area contributed by atoms with E-state index in [-0.39, 0.29) is 18.6 Å². The molecule has 1 aliphatic rings. The molecule has 2 aromatic rings. The standard InChI is InChI=1S/C21H19BrN2O4/c1-24-16(10-17(20(24)25)21(26)27-2)12-28-19-8-7-15(9-18(19)22)14-5-3-13(11-23)4-6-14/h3-9,16-17H,10,12H2,1-2H3/t16-,17+/m0/s1. The maximum absolute atomic E-state index is 12.2. The summed E-state index contributed by atoms with van der Waals surface area (Å²) in [7, 11) is 2.95. The molecule has 3 rings (SSSR count). The Morgan fingerprint density at radius 2 is 1.93 bits per heavy atom. The van der Waals surface area contributed by atoms with Crippen LogP contribution >= 0.6 is 15.9 Å². The van der Waals surface area contributed by atoms with Crippen molar-refractivity contribution in [1.82, 2.24) is 4.90 Å². The number of nitriles is 1. The maximum Gasteiger partial charge on any atom is 0.318 e. The van der Waals surface area contributed by atoms with E-state index in [0.717, 1.165) is 15.6 Å². The summed E-state index contributed by atoms with van der Waals surface area (Å²) >= 11 is 3.52. The summed E-state index contributed by atoms with van der Waals surface area (Å²) in [5, 5.41) is 8.90. The highest BCUT2D eigenvalue weighted by Gasteiger charge is 2.42. The van der Waals surface area contributed by atoms with Crippen LogP contribution in [0.1, 0.15) is 12.0 Å². The van der Waals surface area contributed by atoms with Gasteiger partial charge in [-0.25, -0.2) is 0 Å². The number of halogens is 1. The molecule has 1 saturated heterocycles. The van der Waals surface area contributed by atoms with Crippen LogP contribution in [-0.4, -0.2) is 43.6 Å². The lowest BCUT2D eigenvalue weighted by Crippen LogP contribution is -2.34. The molecule has 2 aromatic carbocycles. The van der Waals surface area contributed by atoms with Crippen LogP contribution < -0.4 is 4.74 Å². The molecule has 0 bridgehead atoms. The average Bonchev–Trinajstić information content (AvgIpc) is 3.01. The number of methoxy groups -OCH3 is 1. The minimum absolute atomic E-state index is 0.193. The van der Waals surface area contributed by atoms with Gasteiger partial charge in [0, 0.05) is 7.05 Å². The van der Waals surface area contributed by atoms with E-state index in [0.29, 0.717) is 17.7 Å². The van der Waals surface area contributed by atoms with Gasteiger partial charge in [0.15, 0.2) is 0 Å². The topological polar surface area (TPSA) is 79.6 Å². The van der Waals surface area contributed by atoms with E-state index in [1.807, 2.05) is 30.3 Å². The fourth-order valence-electron chi connectivity index (χ4n) is 3.20. The number of nitrogens with zero attached hydrogens (tertiary/aromatic N) is 2. The number of carbonyl (C=O) groups excluding carboxylic acids is 2. The molecule has 7 heteroatoms. The molecule has 0 spiro atoms. The first-order valence-electron chi connectivity index (χ1n) is 8.72. The number of rotatable bonds is 5. The number of carbonyl (C=O) groups is 2. The van der Waals surface area contributed by atoms with E-state index >= 15 is 0 Å². The number of hydrogen-bond donors (Lipinski definition) is 0. The Balaban J connectivity index is 1.67. The van der Waals surface area contributed by atoms with Gasteiger partial charge in [-0.2, -0.15) is 5.26 Å². The number of benzene rings is 2. The van der Waals surface area contributed by atoms with Gasteiger partial charge in [-0.05, 0) is 57.7 Å². The molecule has 0 aromatic heterocycles. The first-order chi connectivity index (χ1) is 13.4. The first kappa shape index (κ1) is 19.9. The minimum Gasteiger partial charge on any atom is -0.490 e. The van der Waals surface area contributed by atoms with Crippen molar-refractivity contribution in [2.24, 2.45) is 5.92 Å². The fourth-order valence-corrected chi connectivity index (χ4v) is 3.69. The quantitative estimate of drug-likeness (QED) is 0.523. The van der Waals surface area contributed by atoms with Gasteiger partial charge in [0.05, 0.1) is 29.3 Å². The Kier molecular flexibility index (Phi) is 6.00. The van der Waals surface area contributed by atoms with Crippen LogP contribution in [0.3, 0.4) is 0 Å². The highest BCUT2D eigenvalue weighted by molar-refractivity contribution is 9.10. The maximum atomic E-state index is 12.2. The molecule has 0 aliphatic carbocycles. The summed E-state index contributed by atoms with van der Waals surface area (Å²) in [4.78, 5) is 25.4. The highest BCUT2D eigenvalue weighted by atomic mass is 79.9. The molecule has 0 radical (unpaired) electrons. The molecule has 1 fully saturated rings. The van der Waals surface area contributed by atoms with E-state index < -0.39 is 11.9 Å². The zero-order chi connectivity index (χ0) is 20.3. The largest absolute Gasteiger partial charge is 0.490 e. The van der Waals surface area contributed by atoms with Crippen molar-refractivity contribution in [2.75, 3.05) is 20.8 Å². The average molecular weight is 443 g/mol. The molecule has 144 valence electrons. The third-order valence-corrected chi connectivity index (χ3v) is 5.52. The normalized spacial score (nSPS) is 18.6. The van der Waals surface area contributed by atoms with Gasteiger partial charge in [0.25, 0.3) is 0 Å². The second-order valence-corrected chi connectivity index (χ2v) is 7.41. The van der Waals surface area contributed by atoms with E-state index in [4.69, 9.17) is 14.7 Å². The lowest BCUT2D eigenvalue weighted by atomic mass is 10.0. The molecule has 2 atom stereocenters. The molecule has 1 aliphatic heterocycles. The van der Waals surface area contributed by atoms with Crippen molar-refractivity contribution in [1.29, 1.82) is 5.26 Å². The van der Waals surface area contributed by atoms with Gasteiger partial charge in [-0.3, -0.25) is 9.59 Å². The van der Waals surface area contributed by atoms with Crippen LogP contribution in [0.2, 0.25) is 0 Å². The number of likely N-dealkylation sites (tertiary alicyclic amines) is 1. The Bertz CT molecular complexity index is 936. The third kappa shape index (κ3) is 4.02. The number of hydrogen-bond acceptors (Lipinski definition) is 5.